The van der Waals surface area contributed by atoms with Crippen molar-refractivity contribution < 1.29 is 14.4 Å². The second kappa shape index (κ2) is 4.62. The highest BCUT2D eigenvalue weighted by molar-refractivity contribution is 5.80. The number of carbonyl (C=O) groups is 2. The first-order chi connectivity index (χ1) is 5.06. The van der Waals surface area contributed by atoms with Crippen molar-refractivity contribution >= 4 is 11.8 Å². The first-order valence-electron chi connectivity index (χ1n) is 3.12. The van der Waals surface area contributed by atoms with Crippen molar-refractivity contribution in [3.05, 3.63) is 12.2 Å². The molecule has 4 heteroatoms. The van der Waals surface area contributed by atoms with E-state index in [1.165, 1.54) is 6.92 Å². The molecule has 0 heterocycles. The van der Waals surface area contributed by atoms with Crippen molar-refractivity contribution in [3.8, 4) is 0 Å². The van der Waals surface area contributed by atoms with Gasteiger partial charge in [-0.15, -0.1) is 0 Å². The fourth-order valence-corrected chi connectivity index (χ4v) is 0.660. The van der Waals surface area contributed by atoms with Crippen LogP contribution >= 0.6 is 0 Å². The number of nitrogens with two attached hydrogens (primary N) is 1. The fourth-order valence-electron chi connectivity index (χ4n) is 0.660. The zero-order chi connectivity index (χ0) is 8.85. The second-order valence-corrected chi connectivity index (χ2v) is 2.30. The normalized spacial score (nSPS) is 8.91. The van der Waals surface area contributed by atoms with E-state index in [1.807, 2.05) is 0 Å². The lowest BCUT2D eigenvalue weighted by Crippen LogP contribution is -2.10. The van der Waals surface area contributed by atoms with Crippen LogP contribution in [0.25, 0.3) is 0 Å². The Bertz CT molecular complexity index is 186. The average Bonchev–Trinajstić information content (AvgIpc) is 1.85. The molecule has 0 aliphatic carbocycles. The van der Waals surface area contributed by atoms with E-state index in [2.05, 4.69) is 17.3 Å². The van der Waals surface area contributed by atoms with Gasteiger partial charge in [0.15, 0.2) is 0 Å². The Hall–Kier alpha value is -1.16. The van der Waals surface area contributed by atoms with Crippen LogP contribution in [0.2, 0.25) is 0 Å². The second-order valence-electron chi connectivity index (χ2n) is 2.30. The highest BCUT2D eigenvalue weighted by Gasteiger charge is 2.05. The molecule has 0 amide bonds. The summed E-state index contributed by atoms with van der Waals surface area (Å²) >= 11 is 0. The van der Waals surface area contributed by atoms with Gasteiger partial charge in [-0.05, 0) is 6.92 Å². The summed E-state index contributed by atoms with van der Waals surface area (Å²) < 4.78 is 0. The number of Topliss-reactive ketones (excluding diaryl/α,β-unsaturated/α-hetero) is 1. The third-order valence-electron chi connectivity index (χ3n) is 1.02. The fraction of sp³-hybridized carbons (Fsp3) is 0.429. The molecule has 0 unspecified atom stereocenters. The van der Waals surface area contributed by atoms with Crippen LogP contribution in [0, 0.1) is 0 Å². The third kappa shape index (κ3) is 5.29. The predicted molar refractivity (Wildman–Crippen MR) is 39.3 cm³/mol. The van der Waals surface area contributed by atoms with Crippen LogP contribution in [-0.2, 0) is 14.4 Å². The van der Waals surface area contributed by atoms with E-state index in [1.54, 1.807) is 0 Å². The first-order valence-corrected chi connectivity index (χ1v) is 3.12. The van der Waals surface area contributed by atoms with Gasteiger partial charge in [0.2, 0.25) is 0 Å². The number of rotatable bonds is 4. The van der Waals surface area contributed by atoms with E-state index in [-0.39, 0.29) is 18.6 Å². The summed E-state index contributed by atoms with van der Waals surface area (Å²) in [7, 11) is 0. The van der Waals surface area contributed by atoms with Crippen molar-refractivity contribution in [2.24, 2.45) is 5.90 Å². The molecule has 0 atom stereocenters. The number of carbonyl (C=O) groups excluding carboxylic acids is 2. The lowest BCUT2D eigenvalue weighted by atomic mass is 10.1. The monoisotopic (exact) mass is 157 g/mol. The van der Waals surface area contributed by atoms with E-state index >= 15 is 0 Å². The minimum Gasteiger partial charge on any atom is -0.373 e. The molecule has 0 aliphatic rings. The summed E-state index contributed by atoms with van der Waals surface area (Å²) in [5.41, 5.74) is 0.521. The molecule has 0 rings (SSSR count). The predicted octanol–water partition coefficient (Wildman–Crippen LogP) is 0.329. The summed E-state index contributed by atoms with van der Waals surface area (Å²) in [6.45, 7) is 4.94. The zero-order valence-corrected chi connectivity index (χ0v) is 6.42. The lowest BCUT2D eigenvalue weighted by molar-refractivity contribution is -0.143. The molecule has 0 aromatic rings. The largest absolute Gasteiger partial charge is 0.373 e. The molecule has 0 fully saturated rings. The van der Waals surface area contributed by atoms with E-state index in [0.29, 0.717) is 5.57 Å². The molecule has 2 N–H and O–H groups in total. The minimum absolute atomic E-state index is 0.01000. The Morgan fingerprint density at radius 1 is 1.45 bits per heavy atom. The number of ketones is 1. The number of hydrogen-bond donors (Lipinski definition) is 1. The highest BCUT2D eigenvalue weighted by Crippen LogP contribution is 2.04. The molecule has 4 nitrogen and oxygen atoms in total. The van der Waals surface area contributed by atoms with Crippen LogP contribution in [0.15, 0.2) is 12.2 Å². The van der Waals surface area contributed by atoms with Gasteiger partial charge < -0.3 is 4.84 Å². The van der Waals surface area contributed by atoms with Crippen molar-refractivity contribution in [2.75, 3.05) is 0 Å². The highest BCUT2D eigenvalue weighted by atomic mass is 16.7. The standard InChI is InChI=1S/C7H11NO3/c1-5(3-6(2)9)4-7(10)11-8/h1,3-4,8H2,2H3. The van der Waals surface area contributed by atoms with Crippen molar-refractivity contribution in [1.29, 1.82) is 0 Å². The SMILES string of the molecule is C=C(CC(C)=O)CC(=O)ON. The van der Waals surface area contributed by atoms with Crippen molar-refractivity contribution in [2.45, 2.75) is 19.8 Å². The van der Waals surface area contributed by atoms with Gasteiger partial charge in [0.05, 0.1) is 6.42 Å². The molecule has 0 aromatic heterocycles. The van der Waals surface area contributed by atoms with Crippen LogP contribution in [0.1, 0.15) is 19.8 Å². The van der Waals surface area contributed by atoms with E-state index in [0.717, 1.165) is 0 Å². The van der Waals surface area contributed by atoms with E-state index in [4.69, 9.17) is 0 Å². The van der Waals surface area contributed by atoms with Gasteiger partial charge in [0.1, 0.15) is 5.78 Å². The maximum atomic E-state index is 10.5. The minimum atomic E-state index is -0.573. The van der Waals surface area contributed by atoms with Gasteiger partial charge in [-0.1, -0.05) is 12.2 Å². The first kappa shape index (κ1) is 9.84. The maximum Gasteiger partial charge on any atom is 0.328 e. The molecule has 0 saturated carbocycles. The van der Waals surface area contributed by atoms with Gasteiger partial charge >= 0.3 is 5.97 Å². The van der Waals surface area contributed by atoms with Crippen LogP contribution in [0.3, 0.4) is 0 Å². The Morgan fingerprint density at radius 3 is 2.36 bits per heavy atom. The van der Waals surface area contributed by atoms with Crippen molar-refractivity contribution in [3.63, 3.8) is 0 Å². The van der Waals surface area contributed by atoms with Crippen LogP contribution < -0.4 is 5.90 Å². The molecule has 0 spiro atoms. The molecule has 62 valence electrons. The van der Waals surface area contributed by atoms with Crippen LogP contribution in [0.4, 0.5) is 0 Å². The summed E-state index contributed by atoms with van der Waals surface area (Å²) in [6.07, 6.45) is 0.213. The summed E-state index contributed by atoms with van der Waals surface area (Å²) in [6, 6.07) is 0. The summed E-state index contributed by atoms with van der Waals surface area (Å²) in [5.74, 6) is 3.97. The topological polar surface area (TPSA) is 69.4 Å². The van der Waals surface area contributed by atoms with Gasteiger partial charge in [-0.25, -0.2) is 0 Å². The van der Waals surface area contributed by atoms with Crippen molar-refractivity contribution in [1.82, 2.24) is 0 Å². The molecule has 0 aliphatic heterocycles. The Balaban J connectivity index is 3.70. The molecule has 11 heavy (non-hydrogen) atoms. The maximum absolute atomic E-state index is 10.5. The molecule has 0 radical (unpaired) electrons. The Kier molecular flexibility index (Phi) is 4.14. The lowest BCUT2D eigenvalue weighted by Gasteiger charge is -1.99. The zero-order valence-electron chi connectivity index (χ0n) is 6.42. The summed E-state index contributed by atoms with van der Waals surface area (Å²) in [4.78, 5) is 24.9. The smallest absolute Gasteiger partial charge is 0.328 e. The van der Waals surface area contributed by atoms with Crippen LogP contribution in [0.5, 0.6) is 0 Å². The Morgan fingerprint density at radius 2 is 2.00 bits per heavy atom. The third-order valence-corrected chi connectivity index (χ3v) is 1.02. The van der Waals surface area contributed by atoms with Gasteiger partial charge in [-0.2, -0.15) is 5.90 Å². The Labute approximate surface area is 65.0 Å². The number of hydrogen-bond acceptors (Lipinski definition) is 4. The molecule has 0 aromatic carbocycles. The molecular weight excluding hydrogens is 146 g/mol. The van der Waals surface area contributed by atoms with Gasteiger partial charge in [-0.3, -0.25) is 9.59 Å². The summed E-state index contributed by atoms with van der Waals surface area (Å²) in [5, 5.41) is 0. The quantitative estimate of drug-likeness (QED) is 0.471. The van der Waals surface area contributed by atoms with Crippen LogP contribution in [-0.4, -0.2) is 11.8 Å². The van der Waals surface area contributed by atoms with E-state index < -0.39 is 5.97 Å². The van der Waals surface area contributed by atoms with E-state index in [9.17, 15) is 9.59 Å². The molecular formula is C7H11NO3. The van der Waals surface area contributed by atoms with Gasteiger partial charge in [0.25, 0.3) is 0 Å². The molecule has 0 saturated heterocycles. The average molecular weight is 157 g/mol. The molecule has 0 bridgehead atoms. The van der Waals surface area contributed by atoms with Gasteiger partial charge in [0, 0.05) is 6.42 Å².